The number of aryl methyl sites for hydroxylation is 1. The van der Waals surface area contributed by atoms with Crippen molar-refractivity contribution in [3.05, 3.63) is 0 Å². The Morgan fingerprint density at radius 1 is 1.45 bits per heavy atom. The summed E-state index contributed by atoms with van der Waals surface area (Å²) in [6.45, 7) is 2.09. The molecule has 1 fully saturated rings. The molecule has 1 unspecified atom stereocenters. The van der Waals surface area contributed by atoms with Crippen LogP contribution in [0.1, 0.15) is 51.9 Å². The first-order valence-corrected chi connectivity index (χ1v) is 8.25. The van der Waals surface area contributed by atoms with E-state index in [1.165, 1.54) is 19.3 Å². The third-order valence-corrected chi connectivity index (χ3v) is 5.08. The molecule has 0 spiro atoms. The van der Waals surface area contributed by atoms with Crippen molar-refractivity contribution in [1.29, 1.82) is 0 Å². The molecule has 6 nitrogen and oxygen atoms in total. The monoisotopic (exact) mass is 297 g/mol. The molecule has 1 atom stereocenters. The lowest BCUT2D eigenvalue weighted by Gasteiger charge is -2.23. The second-order valence-electron chi connectivity index (χ2n) is 5.34. The summed E-state index contributed by atoms with van der Waals surface area (Å²) in [6.07, 6.45) is 7.49. The van der Waals surface area contributed by atoms with Gasteiger partial charge in [0.25, 0.3) is 0 Å². The molecule has 1 aliphatic rings. The van der Waals surface area contributed by atoms with Gasteiger partial charge in [-0.15, -0.1) is 5.10 Å². The zero-order valence-corrected chi connectivity index (χ0v) is 13.0. The van der Waals surface area contributed by atoms with E-state index in [4.69, 9.17) is 0 Å². The van der Waals surface area contributed by atoms with Crippen molar-refractivity contribution < 1.29 is 4.79 Å². The first-order valence-electron chi connectivity index (χ1n) is 7.37. The third-order valence-electron chi connectivity index (χ3n) is 3.69. The number of amides is 1. The van der Waals surface area contributed by atoms with E-state index in [9.17, 15) is 4.79 Å². The first-order chi connectivity index (χ1) is 9.69. The second kappa shape index (κ2) is 7.61. The highest BCUT2D eigenvalue weighted by Gasteiger charge is 2.20. The molecule has 1 aromatic heterocycles. The van der Waals surface area contributed by atoms with Crippen molar-refractivity contribution >= 4 is 17.7 Å². The predicted octanol–water partition coefficient (Wildman–Crippen LogP) is 1.92. The first kappa shape index (κ1) is 15.3. The summed E-state index contributed by atoms with van der Waals surface area (Å²) in [6, 6.07) is 0.384. The van der Waals surface area contributed by atoms with Crippen LogP contribution in [-0.2, 0) is 11.8 Å². The summed E-state index contributed by atoms with van der Waals surface area (Å²) in [5, 5.41) is 15.6. The minimum atomic E-state index is 0.159. The largest absolute Gasteiger partial charge is 0.353 e. The van der Waals surface area contributed by atoms with Crippen LogP contribution in [-0.4, -0.2) is 37.4 Å². The van der Waals surface area contributed by atoms with Crippen molar-refractivity contribution in [1.82, 2.24) is 25.5 Å². The number of aromatic nitrogens is 4. The van der Waals surface area contributed by atoms with E-state index in [2.05, 4.69) is 27.8 Å². The summed E-state index contributed by atoms with van der Waals surface area (Å²) in [5.74, 6) is 0.159. The maximum absolute atomic E-state index is 12.1. The summed E-state index contributed by atoms with van der Waals surface area (Å²) in [4.78, 5) is 12.1. The molecule has 0 bridgehead atoms. The molecule has 20 heavy (non-hydrogen) atoms. The van der Waals surface area contributed by atoms with Gasteiger partial charge in [-0.2, -0.15) is 0 Å². The quantitative estimate of drug-likeness (QED) is 0.812. The summed E-state index contributed by atoms with van der Waals surface area (Å²) in [5.41, 5.74) is 0. The van der Waals surface area contributed by atoms with Crippen LogP contribution in [0.4, 0.5) is 0 Å². The van der Waals surface area contributed by atoms with Crippen LogP contribution < -0.4 is 5.32 Å². The lowest BCUT2D eigenvalue weighted by molar-refractivity contribution is -0.122. The van der Waals surface area contributed by atoms with E-state index >= 15 is 0 Å². The van der Waals surface area contributed by atoms with Crippen molar-refractivity contribution in [3.8, 4) is 0 Å². The number of rotatable bonds is 6. The zero-order chi connectivity index (χ0) is 14.4. The molecule has 112 valence electrons. The van der Waals surface area contributed by atoms with Crippen LogP contribution >= 0.6 is 11.8 Å². The van der Waals surface area contributed by atoms with E-state index in [1.54, 1.807) is 16.4 Å². The van der Waals surface area contributed by atoms with Gasteiger partial charge in [-0.3, -0.25) is 4.79 Å². The van der Waals surface area contributed by atoms with Crippen LogP contribution in [0.2, 0.25) is 0 Å². The van der Waals surface area contributed by atoms with E-state index in [-0.39, 0.29) is 11.2 Å². The highest BCUT2D eigenvalue weighted by atomic mass is 32.2. The van der Waals surface area contributed by atoms with E-state index in [0.29, 0.717) is 12.5 Å². The molecule has 1 N–H and O–H groups in total. The van der Waals surface area contributed by atoms with Gasteiger partial charge in [0.15, 0.2) is 0 Å². The Balaban J connectivity index is 1.79. The van der Waals surface area contributed by atoms with Crippen LogP contribution in [0.3, 0.4) is 0 Å². The van der Waals surface area contributed by atoms with Gasteiger partial charge in [-0.1, -0.05) is 37.9 Å². The third kappa shape index (κ3) is 4.47. The molecular weight excluding hydrogens is 274 g/mol. The Labute approximate surface area is 124 Å². The van der Waals surface area contributed by atoms with Gasteiger partial charge in [0.1, 0.15) is 0 Å². The van der Waals surface area contributed by atoms with E-state index in [1.807, 2.05) is 7.05 Å². The fourth-order valence-corrected chi connectivity index (χ4v) is 3.45. The molecule has 1 amide bonds. The smallest absolute Gasteiger partial charge is 0.221 e. The summed E-state index contributed by atoms with van der Waals surface area (Å²) >= 11 is 1.58. The number of nitrogens with one attached hydrogen (secondary N) is 1. The maximum atomic E-state index is 12.1. The average molecular weight is 297 g/mol. The molecule has 1 aromatic rings. The van der Waals surface area contributed by atoms with Gasteiger partial charge in [0.2, 0.25) is 11.1 Å². The summed E-state index contributed by atoms with van der Waals surface area (Å²) in [7, 11) is 1.82. The van der Waals surface area contributed by atoms with Crippen LogP contribution in [0.25, 0.3) is 0 Å². The van der Waals surface area contributed by atoms with Gasteiger partial charge >= 0.3 is 0 Å². The second-order valence-corrected chi connectivity index (χ2v) is 6.61. The number of thioether (sulfide) groups is 1. The predicted molar refractivity (Wildman–Crippen MR) is 78.4 cm³/mol. The number of nitrogens with zero attached hydrogens (tertiary/aromatic N) is 4. The Morgan fingerprint density at radius 2 is 2.20 bits per heavy atom. The molecule has 0 saturated heterocycles. The van der Waals surface area contributed by atoms with Gasteiger partial charge in [0, 0.05) is 24.8 Å². The number of carbonyl (C=O) groups is 1. The van der Waals surface area contributed by atoms with Gasteiger partial charge in [0.05, 0.1) is 0 Å². The molecule has 0 radical (unpaired) electrons. The minimum Gasteiger partial charge on any atom is -0.353 e. The standard InChI is InChI=1S/C13H23N5OS/c1-3-11(20-13-15-16-17-18(13)2)9-12(19)14-10-7-5-4-6-8-10/h10-11H,3-9H2,1-2H3,(H,14,19). The lowest BCUT2D eigenvalue weighted by Crippen LogP contribution is -2.37. The molecule has 0 aliphatic heterocycles. The molecule has 1 aliphatic carbocycles. The molecule has 0 aromatic carbocycles. The van der Waals surface area contributed by atoms with E-state index in [0.717, 1.165) is 24.4 Å². The van der Waals surface area contributed by atoms with Crippen LogP contribution in [0, 0.1) is 0 Å². The fourth-order valence-electron chi connectivity index (χ4n) is 2.48. The zero-order valence-electron chi connectivity index (χ0n) is 12.2. The van der Waals surface area contributed by atoms with Crippen LogP contribution in [0.15, 0.2) is 5.16 Å². The maximum Gasteiger partial charge on any atom is 0.221 e. The average Bonchev–Trinajstić information content (AvgIpc) is 2.84. The lowest BCUT2D eigenvalue weighted by atomic mass is 9.95. The molecule has 7 heteroatoms. The molecule has 1 heterocycles. The Morgan fingerprint density at radius 3 is 2.80 bits per heavy atom. The van der Waals surface area contributed by atoms with Crippen molar-refractivity contribution in [3.63, 3.8) is 0 Å². The van der Waals surface area contributed by atoms with E-state index < -0.39 is 0 Å². The fraction of sp³-hybridized carbons (Fsp3) is 0.846. The van der Waals surface area contributed by atoms with Crippen molar-refractivity contribution in [2.45, 2.75) is 68.3 Å². The Kier molecular flexibility index (Phi) is 5.82. The number of tetrazole rings is 1. The number of hydrogen-bond donors (Lipinski definition) is 1. The minimum absolute atomic E-state index is 0.159. The molecule has 2 rings (SSSR count). The van der Waals surface area contributed by atoms with Crippen molar-refractivity contribution in [2.75, 3.05) is 0 Å². The van der Waals surface area contributed by atoms with Crippen LogP contribution in [0.5, 0.6) is 0 Å². The summed E-state index contributed by atoms with van der Waals surface area (Å²) < 4.78 is 1.65. The SMILES string of the molecule is CCC(CC(=O)NC1CCCCC1)Sc1nnnn1C. The number of hydrogen-bond acceptors (Lipinski definition) is 5. The highest BCUT2D eigenvalue weighted by molar-refractivity contribution is 7.99. The van der Waals surface area contributed by atoms with Gasteiger partial charge in [-0.25, -0.2) is 4.68 Å². The Hall–Kier alpha value is -1.11. The van der Waals surface area contributed by atoms with Crippen molar-refractivity contribution in [2.24, 2.45) is 7.05 Å². The van der Waals surface area contributed by atoms with Gasteiger partial charge < -0.3 is 5.32 Å². The topological polar surface area (TPSA) is 72.7 Å². The molecular formula is C13H23N5OS. The Bertz CT molecular complexity index is 430. The highest BCUT2D eigenvalue weighted by Crippen LogP contribution is 2.25. The number of carbonyl (C=O) groups excluding carboxylic acids is 1. The van der Waals surface area contributed by atoms with Gasteiger partial charge in [-0.05, 0) is 29.7 Å². The normalized spacial score (nSPS) is 17.9. The molecule has 1 saturated carbocycles.